The Morgan fingerprint density at radius 2 is 1.50 bits per heavy atom. The van der Waals surface area contributed by atoms with Crippen LogP contribution in [0.1, 0.15) is 15.9 Å². The minimum Gasteiger partial charge on any atom is -0.343 e. The fourth-order valence-electron chi connectivity index (χ4n) is 2.49. The molecule has 0 radical (unpaired) electrons. The summed E-state index contributed by atoms with van der Waals surface area (Å²) in [6.07, 6.45) is 0. The second kappa shape index (κ2) is 11.4. The highest BCUT2D eigenvalue weighted by Crippen LogP contribution is 2.19. The Labute approximate surface area is 191 Å². The van der Waals surface area contributed by atoms with Crippen LogP contribution < -0.4 is 10.2 Å². The lowest BCUT2D eigenvalue weighted by atomic mass is 10.2. The van der Waals surface area contributed by atoms with E-state index in [2.05, 4.69) is 24.4 Å². The first-order valence-electron chi connectivity index (χ1n) is 9.44. The van der Waals surface area contributed by atoms with Gasteiger partial charge in [0.15, 0.2) is 0 Å². The summed E-state index contributed by atoms with van der Waals surface area (Å²) < 4.78 is 35.2. The van der Waals surface area contributed by atoms with Gasteiger partial charge in [0, 0.05) is 29.0 Å². The molecule has 0 fully saturated rings. The summed E-state index contributed by atoms with van der Waals surface area (Å²) in [7, 11) is 2.87. The fraction of sp³-hybridized carbons (Fsp3) is 0.130. The van der Waals surface area contributed by atoms with Crippen molar-refractivity contribution in [3.63, 3.8) is 0 Å². The predicted molar refractivity (Wildman–Crippen MR) is 123 cm³/mol. The van der Waals surface area contributed by atoms with Gasteiger partial charge in [-0.15, -0.1) is 0 Å². The predicted octanol–water partition coefficient (Wildman–Crippen LogP) is 4.14. The van der Waals surface area contributed by atoms with E-state index in [1.165, 1.54) is 53.9 Å². The monoisotopic (exact) mass is 476 g/mol. The van der Waals surface area contributed by atoms with E-state index in [0.717, 1.165) is 12.1 Å². The Kier molecular flexibility index (Phi) is 8.92. The lowest BCUT2D eigenvalue weighted by molar-refractivity contribution is -0.117. The molecule has 0 spiro atoms. The number of nitrogens with zero attached hydrogens (tertiary/aromatic N) is 1. The number of benzene rings is 3. The Balaban J connectivity index is 0.000000439. The van der Waals surface area contributed by atoms with Crippen LogP contribution in [0.5, 0.6) is 0 Å². The van der Waals surface area contributed by atoms with Gasteiger partial charge in [-0.05, 0) is 55.5 Å². The SMILES string of the molecule is CN(C(=O)CNC(=O)c1ccc(F)cc1)c1ccc(S(=O)(=O)Cl)cc1.Cc1ccccc1. The third-order valence-corrected chi connectivity index (χ3v) is 5.70. The van der Waals surface area contributed by atoms with Crippen molar-refractivity contribution in [2.45, 2.75) is 11.8 Å². The number of aryl methyl sites for hydroxylation is 1. The average Bonchev–Trinajstić information content (AvgIpc) is 2.77. The molecule has 9 heteroatoms. The van der Waals surface area contributed by atoms with E-state index in [-0.39, 0.29) is 17.0 Å². The van der Waals surface area contributed by atoms with Crippen LogP contribution in [-0.4, -0.2) is 33.8 Å². The molecule has 0 aromatic heterocycles. The number of hydrogen-bond donors (Lipinski definition) is 1. The van der Waals surface area contributed by atoms with Gasteiger partial charge in [-0.3, -0.25) is 9.59 Å². The molecule has 1 N–H and O–H groups in total. The Bertz CT molecular complexity index is 1150. The third kappa shape index (κ3) is 7.79. The molecule has 0 heterocycles. The van der Waals surface area contributed by atoms with E-state index in [1.807, 2.05) is 18.2 Å². The van der Waals surface area contributed by atoms with E-state index < -0.39 is 26.7 Å². The number of rotatable bonds is 5. The van der Waals surface area contributed by atoms with Gasteiger partial charge < -0.3 is 10.2 Å². The van der Waals surface area contributed by atoms with Gasteiger partial charge in [-0.1, -0.05) is 35.9 Å². The van der Waals surface area contributed by atoms with Crippen LogP contribution in [0.25, 0.3) is 0 Å². The third-order valence-electron chi connectivity index (χ3n) is 4.33. The zero-order chi connectivity index (χ0) is 23.7. The molecular weight excluding hydrogens is 455 g/mol. The lowest BCUT2D eigenvalue weighted by Crippen LogP contribution is -2.38. The van der Waals surface area contributed by atoms with Crippen molar-refractivity contribution in [3.8, 4) is 0 Å². The molecule has 0 atom stereocenters. The quantitative estimate of drug-likeness (QED) is 0.561. The minimum absolute atomic E-state index is 0.0802. The normalized spacial score (nSPS) is 10.5. The zero-order valence-corrected chi connectivity index (χ0v) is 19.0. The number of hydrogen-bond acceptors (Lipinski definition) is 4. The van der Waals surface area contributed by atoms with E-state index >= 15 is 0 Å². The van der Waals surface area contributed by atoms with Crippen molar-refractivity contribution in [3.05, 3.63) is 95.8 Å². The smallest absolute Gasteiger partial charge is 0.261 e. The molecule has 3 rings (SSSR count). The van der Waals surface area contributed by atoms with Crippen LogP contribution in [0.4, 0.5) is 10.1 Å². The minimum atomic E-state index is -3.84. The highest BCUT2D eigenvalue weighted by atomic mass is 35.7. The summed E-state index contributed by atoms with van der Waals surface area (Å²) in [5.74, 6) is -1.39. The van der Waals surface area contributed by atoms with Crippen LogP contribution in [0.15, 0.2) is 83.8 Å². The summed E-state index contributed by atoms with van der Waals surface area (Å²) in [5, 5.41) is 2.43. The Morgan fingerprint density at radius 3 is 1.97 bits per heavy atom. The van der Waals surface area contributed by atoms with Crippen LogP contribution in [0.3, 0.4) is 0 Å². The van der Waals surface area contributed by atoms with E-state index in [0.29, 0.717) is 5.69 Å². The molecule has 32 heavy (non-hydrogen) atoms. The van der Waals surface area contributed by atoms with E-state index in [9.17, 15) is 22.4 Å². The number of carbonyl (C=O) groups is 2. The number of amides is 2. The highest BCUT2D eigenvalue weighted by molar-refractivity contribution is 8.13. The van der Waals surface area contributed by atoms with Gasteiger partial charge in [0.05, 0.1) is 11.4 Å². The lowest BCUT2D eigenvalue weighted by Gasteiger charge is -2.18. The maximum Gasteiger partial charge on any atom is 0.261 e. The Hall–Kier alpha value is -3.23. The average molecular weight is 477 g/mol. The topological polar surface area (TPSA) is 83.6 Å². The number of likely N-dealkylation sites (N-methyl/N-ethyl adjacent to an activating group) is 1. The molecule has 0 saturated heterocycles. The molecule has 3 aromatic rings. The van der Waals surface area contributed by atoms with Gasteiger partial charge in [0.1, 0.15) is 5.82 Å². The van der Waals surface area contributed by atoms with Crippen molar-refractivity contribution in [1.82, 2.24) is 5.32 Å². The highest BCUT2D eigenvalue weighted by Gasteiger charge is 2.15. The first-order valence-corrected chi connectivity index (χ1v) is 11.8. The van der Waals surface area contributed by atoms with Crippen molar-refractivity contribution in [1.29, 1.82) is 0 Å². The number of anilines is 1. The molecule has 0 aliphatic heterocycles. The van der Waals surface area contributed by atoms with Gasteiger partial charge in [-0.2, -0.15) is 0 Å². The molecule has 2 amide bonds. The van der Waals surface area contributed by atoms with E-state index in [1.54, 1.807) is 0 Å². The maximum atomic E-state index is 12.8. The Morgan fingerprint density at radius 1 is 0.938 bits per heavy atom. The molecular formula is C23H22ClFN2O4S. The molecule has 6 nitrogen and oxygen atoms in total. The first kappa shape index (κ1) is 25.0. The fourth-order valence-corrected chi connectivity index (χ4v) is 3.26. The summed E-state index contributed by atoms with van der Waals surface area (Å²) in [4.78, 5) is 25.2. The second-order valence-corrected chi connectivity index (χ2v) is 9.29. The standard InChI is InChI=1S/C16H14ClFN2O4S.C7H8/c1-20(13-6-8-14(9-7-13)25(17,23)24)15(21)10-19-16(22)11-2-4-12(18)5-3-11;1-7-5-3-2-4-6-7/h2-9H,10H2,1H3,(H,19,22);2-6H,1H3. The molecule has 0 saturated carbocycles. The van der Waals surface area contributed by atoms with Crippen molar-refractivity contribution < 1.29 is 22.4 Å². The van der Waals surface area contributed by atoms with Crippen LogP contribution >= 0.6 is 10.7 Å². The van der Waals surface area contributed by atoms with Gasteiger partial charge in [0.2, 0.25) is 5.91 Å². The molecule has 3 aromatic carbocycles. The van der Waals surface area contributed by atoms with Crippen LogP contribution in [0.2, 0.25) is 0 Å². The summed E-state index contributed by atoms with van der Waals surface area (Å²) in [5.41, 5.74) is 1.99. The zero-order valence-electron chi connectivity index (χ0n) is 17.5. The number of halogens is 2. The molecule has 0 aliphatic carbocycles. The number of nitrogens with one attached hydrogen (secondary N) is 1. The van der Waals surface area contributed by atoms with Crippen LogP contribution in [0, 0.1) is 12.7 Å². The van der Waals surface area contributed by atoms with E-state index in [4.69, 9.17) is 10.7 Å². The van der Waals surface area contributed by atoms with Gasteiger partial charge in [0.25, 0.3) is 15.0 Å². The van der Waals surface area contributed by atoms with Crippen molar-refractivity contribution in [2.75, 3.05) is 18.5 Å². The second-order valence-electron chi connectivity index (χ2n) is 6.73. The molecule has 0 unspecified atom stereocenters. The van der Waals surface area contributed by atoms with Crippen molar-refractivity contribution >= 4 is 37.2 Å². The number of carbonyl (C=O) groups excluding carboxylic acids is 2. The summed E-state index contributed by atoms with van der Waals surface area (Å²) in [6.45, 7) is 1.81. The molecule has 0 bridgehead atoms. The largest absolute Gasteiger partial charge is 0.343 e. The van der Waals surface area contributed by atoms with Crippen LogP contribution in [-0.2, 0) is 13.8 Å². The summed E-state index contributed by atoms with van der Waals surface area (Å²) in [6, 6.07) is 20.6. The van der Waals surface area contributed by atoms with Gasteiger partial charge >= 0.3 is 0 Å². The van der Waals surface area contributed by atoms with Crippen molar-refractivity contribution in [2.24, 2.45) is 0 Å². The summed E-state index contributed by atoms with van der Waals surface area (Å²) >= 11 is 0. The first-order chi connectivity index (χ1) is 15.1. The maximum absolute atomic E-state index is 12.8. The van der Waals surface area contributed by atoms with Gasteiger partial charge in [-0.25, -0.2) is 12.8 Å². The molecule has 168 valence electrons. The molecule has 0 aliphatic rings.